The highest BCUT2D eigenvalue weighted by molar-refractivity contribution is 7.84. The number of rotatable bonds is 10. The van der Waals surface area contributed by atoms with Gasteiger partial charge >= 0.3 is 0 Å². The molecule has 0 aliphatic carbocycles. The first-order chi connectivity index (χ1) is 7.24. The Balaban J connectivity index is 3.45. The molecule has 0 rings (SSSR count). The van der Waals surface area contributed by atoms with Crippen LogP contribution in [-0.2, 0) is 15.5 Å². The Morgan fingerprint density at radius 1 is 1.33 bits per heavy atom. The Hall–Kier alpha value is 0.0700. The molecule has 0 heterocycles. The summed E-state index contributed by atoms with van der Waals surface area (Å²) in [7, 11) is 0.953. The fourth-order valence-electron chi connectivity index (χ4n) is 1.51. The quantitative estimate of drug-likeness (QED) is 0.624. The zero-order valence-corrected chi connectivity index (χ0v) is 11.1. The van der Waals surface area contributed by atoms with Gasteiger partial charge in [0, 0.05) is 35.5 Å². The number of hydrogen-bond acceptors (Lipinski definition) is 3. The van der Waals surface area contributed by atoms with Gasteiger partial charge in [-0.15, -0.1) is 0 Å². The molecular weight excluding hydrogens is 210 g/mol. The van der Waals surface area contributed by atoms with E-state index in [4.69, 9.17) is 4.74 Å². The predicted molar refractivity (Wildman–Crippen MR) is 66.7 cm³/mol. The molecule has 1 N–H and O–H groups in total. The van der Waals surface area contributed by atoms with E-state index in [2.05, 4.69) is 19.2 Å². The van der Waals surface area contributed by atoms with Gasteiger partial charge in [-0.2, -0.15) is 0 Å². The standard InChI is InChI=1S/C11H25NO2S/c1-4-11(12-5-2)7-6-9-15(13)10-8-14-3/h11-12H,4-10H2,1-3H3. The van der Waals surface area contributed by atoms with E-state index >= 15 is 0 Å². The lowest BCUT2D eigenvalue weighted by atomic mass is 10.1. The van der Waals surface area contributed by atoms with Crippen molar-refractivity contribution < 1.29 is 8.95 Å². The van der Waals surface area contributed by atoms with Crippen LogP contribution < -0.4 is 5.32 Å². The molecule has 0 bridgehead atoms. The highest BCUT2D eigenvalue weighted by Gasteiger charge is 2.05. The van der Waals surface area contributed by atoms with Gasteiger partial charge in [-0.05, 0) is 25.8 Å². The van der Waals surface area contributed by atoms with Crippen molar-refractivity contribution in [2.75, 3.05) is 31.8 Å². The third-order valence-corrected chi connectivity index (χ3v) is 3.79. The Bertz CT molecular complexity index is 165. The molecule has 0 fully saturated rings. The topological polar surface area (TPSA) is 38.3 Å². The summed E-state index contributed by atoms with van der Waals surface area (Å²) in [5.41, 5.74) is 0. The second-order valence-electron chi connectivity index (χ2n) is 3.65. The highest BCUT2D eigenvalue weighted by atomic mass is 32.2. The maximum atomic E-state index is 11.4. The van der Waals surface area contributed by atoms with Gasteiger partial charge in [0.2, 0.25) is 0 Å². The summed E-state index contributed by atoms with van der Waals surface area (Å²) in [6.45, 7) is 5.94. The summed E-state index contributed by atoms with van der Waals surface area (Å²) < 4.78 is 16.3. The average molecular weight is 235 g/mol. The van der Waals surface area contributed by atoms with Crippen LogP contribution in [0.3, 0.4) is 0 Å². The van der Waals surface area contributed by atoms with Crippen molar-refractivity contribution in [2.45, 2.75) is 39.2 Å². The Labute approximate surface area is 96.4 Å². The molecule has 0 aromatic carbocycles. The zero-order valence-electron chi connectivity index (χ0n) is 10.3. The van der Waals surface area contributed by atoms with Crippen molar-refractivity contribution in [3.8, 4) is 0 Å². The van der Waals surface area contributed by atoms with Gasteiger partial charge in [0.05, 0.1) is 6.61 Å². The summed E-state index contributed by atoms with van der Waals surface area (Å²) in [5.74, 6) is 1.49. The molecule has 15 heavy (non-hydrogen) atoms. The van der Waals surface area contributed by atoms with Crippen LogP contribution >= 0.6 is 0 Å². The minimum Gasteiger partial charge on any atom is -0.384 e. The number of nitrogens with one attached hydrogen (secondary N) is 1. The molecule has 0 aliphatic heterocycles. The first-order valence-corrected chi connectivity index (χ1v) is 7.30. The lowest BCUT2D eigenvalue weighted by Crippen LogP contribution is -2.28. The molecule has 4 heteroatoms. The van der Waals surface area contributed by atoms with E-state index in [-0.39, 0.29) is 0 Å². The minimum atomic E-state index is -0.695. The molecule has 0 amide bonds. The van der Waals surface area contributed by atoms with Gasteiger partial charge in [0.15, 0.2) is 0 Å². The van der Waals surface area contributed by atoms with Crippen LogP contribution in [0.25, 0.3) is 0 Å². The maximum absolute atomic E-state index is 11.4. The fourth-order valence-corrected chi connectivity index (χ4v) is 2.55. The van der Waals surface area contributed by atoms with Crippen LogP contribution in [0.5, 0.6) is 0 Å². The van der Waals surface area contributed by atoms with E-state index in [1.54, 1.807) is 7.11 Å². The van der Waals surface area contributed by atoms with Crippen LogP contribution in [0.15, 0.2) is 0 Å². The molecule has 0 saturated heterocycles. The summed E-state index contributed by atoms with van der Waals surface area (Å²) in [5, 5.41) is 3.43. The molecule has 0 radical (unpaired) electrons. The first-order valence-electron chi connectivity index (χ1n) is 5.81. The van der Waals surface area contributed by atoms with E-state index in [0.717, 1.165) is 31.6 Å². The third-order valence-electron chi connectivity index (χ3n) is 2.43. The second kappa shape index (κ2) is 10.6. The normalized spacial score (nSPS) is 15.1. The Kier molecular flexibility index (Phi) is 10.6. The minimum absolute atomic E-state index is 0.592. The zero-order chi connectivity index (χ0) is 11.5. The summed E-state index contributed by atoms with van der Waals surface area (Å²) in [6.07, 6.45) is 3.32. The molecule has 3 nitrogen and oxygen atoms in total. The van der Waals surface area contributed by atoms with Crippen molar-refractivity contribution in [3.63, 3.8) is 0 Å². The summed E-state index contributed by atoms with van der Waals surface area (Å²) >= 11 is 0. The number of ether oxygens (including phenoxy) is 1. The molecule has 0 aromatic heterocycles. The van der Waals surface area contributed by atoms with Crippen molar-refractivity contribution in [2.24, 2.45) is 0 Å². The van der Waals surface area contributed by atoms with Crippen molar-refractivity contribution in [1.29, 1.82) is 0 Å². The number of methoxy groups -OCH3 is 1. The molecule has 0 spiro atoms. The molecule has 2 atom stereocenters. The van der Waals surface area contributed by atoms with E-state index in [0.29, 0.717) is 18.4 Å². The predicted octanol–water partition coefficient (Wildman–Crippen LogP) is 1.55. The monoisotopic (exact) mass is 235 g/mol. The van der Waals surface area contributed by atoms with Crippen LogP contribution in [0.2, 0.25) is 0 Å². The molecular formula is C11H25NO2S. The van der Waals surface area contributed by atoms with Crippen LogP contribution in [0.4, 0.5) is 0 Å². The smallest absolute Gasteiger partial charge is 0.0577 e. The largest absolute Gasteiger partial charge is 0.384 e. The van der Waals surface area contributed by atoms with Gasteiger partial charge in [-0.3, -0.25) is 4.21 Å². The maximum Gasteiger partial charge on any atom is 0.0577 e. The van der Waals surface area contributed by atoms with Crippen molar-refractivity contribution in [1.82, 2.24) is 5.32 Å². The first kappa shape index (κ1) is 15.1. The van der Waals surface area contributed by atoms with Gasteiger partial charge in [0.1, 0.15) is 0 Å². The Morgan fingerprint density at radius 3 is 2.60 bits per heavy atom. The molecule has 0 aliphatic rings. The molecule has 2 unspecified atom stereocenters. The lowest BCUT2D eigenvalue weighted by molar-refractivity contribution is 0.218. The van der Waals surface area contributed by atoms with E-state index in [9.17, 15) is 4.21 Å². The third kappa shape index (κ3) is 9.03. The second-order valence-corrected chi connectivity index (χ2v) is 5.34. The number of hydrogen-bond donors (Lipinski definition) is 1. The van der Waals surface area contributed by atoms with Gasteiger partial charge in [-0.1, -0.05) is 13.8 Å². The van der Waals surface area contributed by atoms with Crippen LogP contribution in [0.1, 0.15) is 33.1 Å². The molecule has 0 saturated carbocycles. The average Bonchev–Trinajstić information content (AvgIpc) is 2.25. The fraction of sp³-hybridized carbons (Fsp3) is 1.00. The van der Waals surface area contributed by atoms with Crippen LogP contribution in [0, 0.1) is 0 Å². The van der Waals surface area contributed by atoms with Crippen molar-refractivity contribution >= 4 is 10.8 Å². The summed E-state index contributed by atoms with van der Waals surface area (Å²) in [4.78, 5) is 0. The lowest BCUT2D eigenvalue weighted by Gasteiger charge is -2.15. The van der Waals surface area contributed by atoms with Gasteiger partial charge in [-0.25, -0.2) is 0 Å². The van der Waals surface area contributed by atoms with E-state index < -0.39 is 10.8 Å². The Morgan fingerprint density at radius 2 is 2.07 bits per heavy atom. The summed E-state index contributed by atoms with van der Waals surface area (Å²) in [6, 6.07) is 0.592. The van der Waals surface area contributed by atoms with E-state index in [1.807, 2.05) is 0 Å². The SMILES string of the molecule is CCNC(CC)CCCS(=O)CCOC. The van der Waals surface area contributed by atoms with E-state index in [1.165, 1.54) is 0 Å². The van der Waals surface area contributed by atoms with Crippen LogP contribution in [-0.4, -0.2) is 42.0 Å². The van der Waals surface area contributed by atoms with Crippen molar-refractivity contribution in [3.05, 3.63) is 0 Å². The highest BCUT2D eigenvalue weighted by Crippen LogP contribution is 2.02. The molecule has 0 aromatic rings. The van der Waals surface area contributed by atoms with Gasteiger partial charge in [0.25, 0.3) is 0 Å². The molecule has 92 valence electrons. The van der Waals surface area contributed by atoms with Gasteiger partial charge < -0.3 is 10.1 Å².